The van der Waals surface area contributed by atoms with Crippen molar-refractivity contribution in [1.29, 1.82) is 0 Å². The molecule has 0 atom stereocenters. The Bertz CT molecular complexity index is 1230. The number of ether oxygens (including phenoxy) is 2. The van der Waals surface area contributed by atoms with Gasteiger partial charge in [0.15, 0.2) is 6.61 Å². The number of carbonyl (C=O) groups is 1. The summed E-state index contributed by atoms with van der Waals surface area (Å²) in [4.78, 5) is 16.6. The van der Waals surface area contributed by atoms with Gasteiger partial charge in [0, 0.05) is 11.1 Å². The number of methoxy groups -OCH3 is 1. The maximum Gasteiger partial charge on any atom is 0.336 e. The highest BCUT2D eigenvalue weighted by Crippen LogP contribution is 2.29. The molecular formula is C25H21N5O3. The van der Waals surface area contributed by atoms with Crippen molar-refractivity contribution >= 4 is 12.1 Å². The molecule has 0 spiro atoms. The molecule has 0 bridgehead atoms. The smallest absolute Gasteiger partial charge is 0.336 e. The Balaban J connectivity index is 1.43. The third-order valence-electron chi connectivity index (χ3n) is 4.61. The predicted octanol–water partition coefficient (Wildman–Crippen LogP) is 3.74. The van der Waals surface area contributed by atoms with E-state index in [1.54, 1.807) is 19.2 Å². The Kier molecular flexibility index (Phi) is 6.97. The van der Waals surface area contributed by atoms with E-state index < -0.39 is 5.91 Å². The number of hydrogen-bond donors (Lipinski definition) is 1. The van der Waals surface area contributed by atoms with Gasteiger partial charge in [0.1, 0.15) is 17.1 Å². The molecule has 0 aliphatic rings. The van der Waals surface area contributed by atoms with Gasteiger partial charge in [-0.05, 0) is 29.8 Å². The SMILES string of the molecule is COc1ccc(/C=N/NC(=O)COc2nnc(-c3ccccc3)c(-c3ccccc3)n2)cc1. The molecule has 0 radical (unpaired) electrons. The molecule has 0 unspecified atom stereocenters. The van der Waals surface area contributed by atoms with E-state index >= 15 is 0 Å². The molecule has 1 heterocycles. The lowest BCUT2D eigenvalue weighted by Gasteiger charge is -2.09. The molecule has 0 aliphatic carbocycles. The van der Waals surface area contributed by atoms with E-state index in [1.165, 1.54) is 6.21 Å². The number of aromatic nitrogens is 3. The van der Waals surface area contributed by atoms with Crippen molar-refractivity contribution in [2.45, 2.75) is 0 Å². The van der Waals surface area contributed by atoms with Crippen LogP contribution < -0.4 is 14.9 Å². The molecule has 1 aromatic heterocycles. The van der Waals surface area contributed by atoms with Crippen molar-refractivity contribution in [3.05, 3.63) is 90.5 Å². The number of benzene rings is 3. The van der Waals surface area contributed by atoms with Gasteiger partial charge < -0.3 is 9.47 Å². The van der Waals surface area contributed by atoms with Gasteiger partial charge in [-0.15, -0.1) is 5.10 Å². The lowest BCUT2D eigenvalue weighted by molar-refractivity contribution is -0.123. The summed E-state index contributed by atoms with van der Waals surface area (Å²) in [6.45, 7) is -0.305. The molecular weight excluding hydrogens is 418 g/mol. The van der Waals surface area contributed by atoms with E-state index in [0.29, 0.717) is 11.4 Å². The Hall–Kier alpha value is -4.59. The standard InChI is InChI=1S/C25H21N5O3/c1-32-21-14-12-18(13-15-21)16-26-28-22(31)17-33-25-27-23(19-8-4-2-5-9-19)24(29-30-25)20-10-6-3-7-11-20/h2-16H,17H2,1H3,(H,28,31)/b26-16+. The highest BCUT2D eigenvalue weighted by atomic mass is 16.5. The molecule has 0 saturated heterocycles. The molecule has 0 aliphatic heterocycles. The van der Waals surface area contributed by atoms with Crippen molar-refractivity contribution in [1.82, 2.24) is 20.6 Å². The van der Waals surface area contributed by atoms with E-state index in [-0.39, 0.29) is 12.6 Å². The highest BCUT2D eigenvalue weighted by molar-refractivity contribution is 5.83. The summed E-state index contributed by atoms with van der Waals surface area (Å²) in [6, 6.07) is 26.5. The molecule has 164 valence electrons. The Morgan fingerprint density at radius 3 is 2.15 bits per heavy atom. The summed E-state index contributed by atoms with van der Waals surface area (Å²) in [7, 11) is 1.60. The van der Waals surface area contributed by atoms with Crippen molar-refractivity contribution in [3.63, 3.8) is 0 Å². The van der Waals surface area contributed by atoms with Crippen LogP contribution in [0.4, 0.5) is 0 Å². The molecule has 8 heteroatoms. The average molecular weight is 439 g/mol. The third kappa shape index (κ3) is 5.76. The third-order valence-corrected chi connectivity index (χ3v) is 4.61. The Morgan fingerprint density at radius 2 is 1.52 bits per heavy atom. The van der Waals surface area contributed by atoms with Crippen LogP contribution >= 0.6 is 0 Å². The lowest BCUT2D eigenvalue weighted by atomic mass is 10.0. The maximum atomic E-state index is 12.1. The van der Waals surface area contributed by atoms with Crippen LogP contribution in [-0.2, 0) is 4.79 Å². The topological polar surface area (TPSA) is 98.6 Å². The predicted molar refractivity (Wildman–Crippen MR) is 125 cm³/mol. The summed E-state index contributed by atoms with van der Waals surface area (Å²) < 4.78 is 10.6. The second-order valence-electron chi connectivity index (χ2n) is 6.88. The quantitative estimate of drug-likeness (QED) is 0.332. The van der Waals surface area contributed by atoms with Gasteiger partial charge in [-0.2, -0.15) is 10.1 Å². The van der Waals surface area contributed by atoms with Gasteiger partial charge in [0.25, 0.3) is 5.91 Å². The zero-order chi connectivity index (χ0) is 22.9. The van der Waals surface area contributed by atoms with Gasteiger partial charge >= 0.3 is 6.01 Å². The first-order valence-electron chi connectivity index (χ1n) is 10.2. The van der Waals surface area contributed by atoms with Crippen LogP contribution in [0.2, 0.25) is 0 Å². The number of nitrogens with one attached hydrogen (secondary N) is 1. The zero-order valence-corrected chi connectivity index (χ0v) is 17.9. The minimum atomic E-state index is -0.447. The average Bonchev–Trinajstić information content (AvgIpc) is 2.89. The molecule has 8 nitrogen and oxygen atoms in total. The second-order valence-corrected chi connectivity index (χ2v) is 6.88. The largest absolute Gasteiger partial charge is 0.497 e. The molecule has 3 aromatic carbocycles. The van der Waals surface area contributed by atoms with Gasteiger partial charge in [-0.1, -0.05) is 65.8 Å². The normalized spacial score (nSPS) is 10.7. The van der Waals surface area contributed by atoms with Gasteiger partial charge in [0.2, 0.25) is 0 Å². The first-order valence-corrected chi connectivity index (χ1v) is 10.2. The van der Waals surface area contributed by atoms with Crippen LogP contribution in [0.1, 0.15) is 5.56 Å². The Labute approximate surface area is 190 Å². The van der Waals surface area contributed by atoms with Crippen molar-refractivity contribution in [2.24, 2.45) is 5.10 Å². The molecule has 1 amide bonds. The molecule has 1 N–H and O–H groups in total. The van der Waals surface area contributed by atoms with E-state index in [2.05, 4.69) is 25.7 Å². The number of hydrogen-bond acceptors (Lipinski definition) is 7. The zero-order valence-electron chi connectivity index (χ0n) is 17.9. The fourth-order valence-corrected chi connectivity index (χ4v) is 2.99. The van der Waals surface area contributed by atoms with Crippen molar-refractivity contribution < 1.29 is 14.3 Å². The summed E-state index contributed by atoms with van der Waals surface area (Å²) in [5, 5.41) is 12.3. The van der Waals surface area contributed by atoms with Crippen LogP contribution in [0.15, 0.2) is 90.0 Å². The van der Waals surface area contributed by atoms with E-state index in [4.69, 9.17) is 9.47 Å². The number of nitrogens with zero attached hydrogens (tertiary/aromatic N) is 4. The minimum Gasteiger partial charge on any atom is -0.497 e. The van der Waals surface area contributed by atoms with Crippen molar-refractivity contribution in [3.8, 4) is 34.3 Å². The van der Waals surface area contributed by atoms with Crippen LogP contribution in [0, 0.1) is 0 Å². The molecule has 33 heavy (non-hydrogen) atoms. The Morgan fingerprint density at radius 1 is 0.879 bits per heavy atom. The van der Waals surface area contributed by atoms with Crippen LogP contribution in [0.3, 0.4) is 0 Å². The number of carbonyl (C=O) groups excluding carboxylic acids is 1. The number of hydrazone groups is 1. The maximum absolute atomic E-state index is 12.1. The van der Waals surface area contributed by atoms with E-state index in [0.717, 1.165) is 22.4 Å². The molecule has 4 rings (SSSR count). The first-order chi connectivity index (χ1) is 16.2. The van der Waals surface area contributed by atoms with Crippen LogP contribution in [0.25, 0.3) is 22.5 Å². The fraction of sp³-hybridized carbons (Fsp3) is 0.0800. The summed E-state index contributed by atoms with van der Waals surface area (Å²) in [5.41, 5.74) is 6.22. The summed E-state index contributed by atoms with van der Waals surface area (Å²) in [5.74, 6) is 0.295. The van der Waals surface area contributed by atoms with Crippen LogP contribution in [-0.4, -0.2) is 41.0 Å². The first kappa shape index (κ1) is 21.6. The molecule has 4 aromatic rings. The van der Waals surface area contributed by atoms with Gasteiger partial charge in [-0.25, -0.2) is 5.43 Å². The number of amides is 1. The lowest BCUT2D eigenvalue weighted by Crippen LogP contribution is -2.25. The van der Waals surface area contributed by atoms with E-state index in [1.807, 2.05) is 72.8 Å². The highest BCUT2D eigenvalue weighted by Gasteiger charge is 2.14. The van der Waals surface area contributed by atoms with Gasteiger partial charge in [0.05, 0.1) is 13.3 Å². The fourth-order valence-electron chi connectivity index (χ4n) is 2.99. The number of rotatable bonds is 8. The summed E-state index contributed by atoms with van der Waals surface area (Å²) in [6.07, 6.45) is 1.53. The minimum absolute atomic E-state index is 0.00261. The molecule has 0 fully saturated rings. The second kappa shape index (κ2) is 10.6. The monoisotopic (exact) mass is 439 g/mol. The summed E-state index contributed by atoms with van der Waals surface area (Å²) >= 11 is 0. The van der Waals surface area contributed by atoms with Gasteiger partial charge in [-0.3, -0.25) is 4.79 Å². The molecule has 0 saturated carbocycles. The van der Waals surface area contributed by atoms with Crippen LogP contribution in [0.5, 0.6) is 11.8 Å². The van der Waals surface area contributed by atoms with E-state index in [9.17, 15) is 4.79 Å². The van der Waals surface area contributed by atoms with Crippen molar-refractivity contribution in [2.75, 3.05) is 13.7 Å².